The van der Waals surface area contributed by atoms with Crippen molar-refractivity contribution >= 4 is 15.5 Å². The molecular formula is C14H24N2O2S. The Kier molecular flexibility index (Phi) is 5.82. The number of anilines is 1. The number of hydrogen-bond acceptors (Lipinski definition) is 4. The Hall–Kier alpha value is -1.07. The number of nitrogens with two attached hydrogens (primary N) is 1. The van der Waals surface area contributed by atoms with Gasteiger partial charge in [0.1, 0.15) is 0 Å². The first kappa shape index (κ1) is 16.0. The van der Waals surface area contributed by atoms with E-state index in [0.29, 0.717) is 23.8 Å². The molecule has 108 valence electrons. The summed E-state index contributed by atoms with van der Waals surface area (Å²) in [5.41, 5.74) is 6.39. The summed E-state index contributed by atoms with van der Waals surface area (Å²) in [6.45, 7) is 5.27. The average Bonchev–Trinajstić information content (AvgIpc) is 2.38. The van der Waals surface area contributed by atoms with Crippen LogP contribution in [0.4, 0.5) is 5.69 Å². The first-order chi connectivity index (χ1) is 8.92. The lowest BCUT2D eigenvalue weighted by molar-refractivity contribution is 0.582. The summed E-state index contributed by atoms with van der Waals surface area (Å²) in [7, 11) is -1.29. The molecular weight excluding hydrogens is 260 g/mol. The fourth-order valence-corrected chi connectivity index (χ4v) is 3.64. The van der Waals surface area contributed by atoms with Gasteiger partial charge in [0.05, 0.1) is 16.3 Å². The van der Waals surface area contributed by atoms with Crippen molar-refractivity contribution in [1.82, 2.24) is 0 Å². The maximum absolute atomic E-state index is 12.3. The first-order valence-corrected chi connectivity index (χ1v) is 8.30. The number of sulfone groups is 1. The van der Waals surface area contributed by atoms with Crippen LogP contribution in [0.15, 0.2) is 29.2 Å². The molecule has 0 aliphatic rings. The lowest BCUT2D eigenvalue weighted by Gasteiger charge is -2.25. The molecule has 0 saturated heterocycles. The Morgan fingerprint density at radius 3 is 2.53 bits per heavy atom. The minimum Gasteiger partial charge on any atom is -0.373 e. The van der Waals surface area contributed by atoms with E-state index in [1.165, 1.54) is 0 Å². The Bertz CT molecular complexity index is 500. The zero-order valence-corrected chi connectivity index (χ0v) is 12.8. The molecule has 0 radical (unpaired) electrons. The van der Waals surface area contributed by atoms with Gasteiger partial charge in [-0.3, -0.25) is 0 Å². The molecule has 0 saturated carbocycles. The van der Waals surface area contributed by atoms with Gasteiger partial charge in [0.2, 0.25) is 0 Å². The topological polar surface area (TPSA) is 63.4 Å². The highest BCUT2D eigenvalue weighted by Crippen LogP contribution is 2.26. The van der Waals surface area contributed by atoms with Gasteiger partial charge in [0.25, 0.3) is 0 Å². The van der Waals surface area contributed by atoms with E-state index in [2.05, 4.69) is 6.92 Å². The largest absolute Gasteiger partial charge is 0.373 e. The predicted octanol–water partition coefficient (Wildman–Crippen LogP) is 1.90. The molecule has 1 atom stereocenters. The van der Waals surface area contributed by atoms with Crippen LogP contribution in [0.2, 0.25) is 0 Å². The average molecular weight is 284 g/mol. The molecule has 0 fully saturated rings. The summed E-state index contributed by atoms with van der Waals surface area (Å²) < 4.78 is 24.5. The maximum atomic E-state index is 12.3. The van der Waals surface area contributed by atoms with Crippen molar-refractivity contribution in [3.05, 3.63) is 24.3 Å². The van der Waals surface area contributed by atoms with Gasteiger partial charge >= 0.3 is 0 Å². The number of benzene rings is 1. The fraction of sp³-hybridized carbons (Fsp3) is 0.571. The molecule has 0 spiro atoms. The summed E-state index contributed by atoms with van der Waals surface area (Å²) >= 11 is 0. The van der Waals surface area contributed by atoms with Crippen LogP contribution in [0, 0.1) is 5.92 Å². The van der Waals surface area contributed by atoms with E-state index in [1.807, 2.05) is 31.0 Å². The normalized spacial score (nSPS) is 13.3. The van der Waals surface area contributed by atoms with Crippen LogP contribution in [-0.2, 0) is 9.84 Å². The standard InChI is InChI=1S/C14H24N2O2S/c1-4-9-19(17,18)14-8-6-5-7-13(14)16(3)11-12(2)10-15/h5-8,12H,4,9-11,15H2,1-3H3. The van der Waals surface area contributed by atoms with Crippen LogP contribution in [0.25, 0.3) is 0 Å². The summed E-state index contributed by atoms with van der Waals surface area (Å²) in [5, 5.41) is 0. The van der Waals surface area contributed by atoms with Gasteiger partial charge in [-0.25, -0.2) is 8.42 Å². The highest BCUT2D eigenvalue weighted by atomic mass is 32.2. The summed E-state index contributed by atoms with van der Waals surface area (Å²) in [5.74, 6) is 0.511. The molecule has 0 amide bonds. The molecule has 2 N–H and O–H groups in total. The summed E-state index contributed by atoms with van der Waals surface area (Å²) in [6.07, 6.45) is 0.625. The highest BCUT2D eigenvalue weighted by molar-refractivity contribution is 7.91. The van der Waals surface area contributed by atoms with Crippen molar-refractivity contribution in [2.75, 3.05) is 30.8 Å². The second-order valence-corrected chi connectivity index (χ2v) is 7.09. The van der Waals surface area contributed by atoms with Crippen molar-refractivity contribution in [2.45, 2.75) is 25.2 Å². The molecule has 0 aliphatic heterocycles. The zero-order chi connectivity index (χ0) is 14.5. The molecule has 1 aromatic rings. The van der Waals surface area contributed by atoms with Crippen LogP contribution in [0.3, 0.4) is 0 Å². The molecule has 1 rings (SSSR count). The highest BCUT2D eigenvalue weighted by Gasteiger charge is 2.19. The first-order valence-electron chi connectivity index (χ1n) is 6.65. The zero-order valence-electron chi connectivity index (χ0n) is 12.0. The summed E-state index contributed by atoms with van der Waals surface area (Å²) in [4.78, 5) is 2.39. The van der Waals surface area contributed by atoms with Gasteiger partial charge in [-0.05, 0) is 31.0 Å². The number of hydrogen-bond donors (Lipinski definition) is 1. The fourth-order valence-electron chi connectivity index (χ4n) is 2.05. The van der Waals surface area contributed by atoms with Crippen molar-refractivity contribution in [3.8, 4) is 0 Å². The van der Waals surface area contributed by atoms with Crippen molar-refractivity contribution in [2.24, 2.45) is 11.7 Å². The van der Waals surface area contributed by atoms with Crippen LogP contribution < -0.4 is 10.6 Å². The van der Waals surface area contributed by atoms with Crippen LogP contribution in [-0.4, -0.2) is 34.3 Å². The molecule has 4 nitrogen and oxygen atoms in total. The third-order valence-electron chi connectivity index (χ3n) is 3.07. The lowest BCUT2D eigenvalue weighted by Crippen LogP contribution is -2.29. The second-order valence-electron chi connectivity index (χ2n) is 5.01. The predicted molar refractivity (Wildman–Crippen MR) is 80.3 cm³/mol. The van der Waals surface area contributed by atoms with E-state index < -0.39 is 9.84 Å². The second kappa shape index (κ2) is 6.91. The van der Waals surface area contributed by atoms with Crippen molar-refractivity contribution < 1.29 is 8.42 Å². The molecule has 5 heteroatoms. The van der Waals surface area contributed by atoms with Crippen molar-refractivity contribution in [3.63, 3.8) is 0 Å². The monoisotopic (exact) mass is 284 g/mol. The number of para-hydroxylation sites is 1. The molecule has 1 unspecified atom stereocenters. The van der Waals surface area contributed by atoms with Crippen molar-refractivity contribution in [1.29, 1.82) is 0 Å². The smallest absolute Gasteiger partial charge is 0.180 e. The van der Waals surface area contributed by atoms with E-state index in [0.717, 1.165) is 12.2 Å². The van der Waals surface area contributed by atoms with E-state index in [1.54, 1.807) is 12.1 Å². The Morgan fingerprint density at radius 1 is 1.32 bits per heavy atom. The minimum absolute atomic E-state index is 0.185. The van der Waals surface area contributed by atoms with Gasteiger partial charge in [-0.1, -0.05) is 26.0 Å². The number of nitrogens with zero attached hydrogens (tertiary/aromatic N) is 1. The minimum atomic E-state index is -3.20. The third-order valence-corrected chi connectivity index (χ3v) is 5.03. The van der Waals surface area contributed by atoms with Gasteiger partial charge in [0, 0.05) is 13.6 Å². The van der Waals surface area contributed by atoms with E-state index in [-0.39, 0.29) is 5.75 Å². The Balaban J connectivity index is 3.09. The van der Waals surface area contributed by atoms with E-state index in [4.69, 9.17) is 5.73 Å². The Labute approximate surface area is 116 Å². The molecule has 0 aromatic heterocycles. The van der Waals surface area contributed by atoms with E-state index >= 15 is 0 Å². The van der Waals surface area contributed by atoms with Crippen LogP contribution in [0.5, 0.6) is 0 Å². The van der Waals surface area contributed by atoms with Crippen LogP contribution >= 0.6 is 0 Å². The van der Waals surface area contributed by atoms with Gasteiger partial charge < -0.3 is 10.6 Å². The SMILES string of the molecule is CCCS(=O)(=O)c1ccccc1N(C)CC(C)CN. The molecule has 19 heavy (non-hydrogen) atoms. The van der Waals surface area contributed by atoms with Gasteiger partial charge in [-0.15, -0.1) is 0 Å². The Morgan fingerprint density at radius 2 is 1.95 bits per heavy atom. The van der Waals surface area contributed by atoms with E-state index in [9.17, 15) is 8.42 Å². The molecule has 0 heterocycles. The van der Waals surface area contributed by atoms with Crippen LogP contribution in [0.1, 0.15) is 20.3 Å². The number of rotatable bonds is 7. The summed E-state index contributed by atoms with van der Waals surface area (Å²) in [6, 6.07) is 7.17. The van der Waals surface area contributed by atoms with Gasteiger partial charge in [0.15, 0.2) is 9.84 Å². The molecule has 1 aromatic carbocycles. The molecule has 0 bridgehead atoms. The quantitative estimate of drug-likeness (QED) is 0.830. The molecule has 0 aliphatic carbocycles. The lowest BCUT2D eigenvalue weighted by atomic mass is 10.1. The maximum Gasteiger partial charge on any atom is 0.180 e. The third kappa shape index (κ3) is 4.21. The van der Waals surface area contributed by atoms with Gasteiger partial charge in [-0.2, -0.15) is 0 Å².